The molecule has 5 nitrogen and oxygen atoms in total. The molecule has 1 unspecified atom stereocenters. The second-order valence-corrected chi connectivity index (χ2v) is 5.10. The van der Waals surface area contributed by atoms with E-state index in [1.54, 1.807) is 0 Å². The van der Waals surface area contributed by atoms with Crippen molar-refractivity contribution in [3.8, 4) is 0 Å². The number of amides is 1. The standard InChI is InChI=1S/C10H17ClN4O/c1-10(2,3)8(4-5-11)13-9(16)7-6-12-15-14-7/h6,8H,4-5H2,1-3H3,(H,13,16)(H,12,14,15). The van der Waals surface area contributed by atoms with Gasteiger partial charge in [-0.25, -0.2) is 0 Å². The Kier molecular flexibility index (Phi) is 4.29. The lowest BCUT2D eigenvalue weighted by molar-refractivity contribution is 0.0895. The van der Waals surface area contributed by atoms with Crippen molar-refractivity contribution in [1.82, 2.24) is 20.7 Å². The van der Waals surface area contributed by atoms with Gasteiger partial charge in [0.05, 0.1) is 6.20 Å². The van der Waals surface area contributed by atoms with Gasteiger partial charge in [0.1, 0.15) is 0 Å². The van der Waals surface area contributed by atoms with Crippen molar-refractivity contribution < 1.29 is 4.79 Å². The van der Waals surface area contributed by atoms with Crippen molar-refractivity contribution in [3.63, 3.8) is 0 Å². The van der Waals surface area contributed by atoms with Crippen LogP contribution < -0.4 is 5.32 Å². The van der Waals surface area contributed by atoms with E-state index >= 15 is 0 Å². The van der Waals surface area contributed by atoms with E-state index in [9.17, 15) is 4.79 Å². The minimum Gasteiger partial charge on any atom is -0.347 e. The van der Waals surface area contributed by atoms with E-state index in [4.69, 9.17) is 11.6 Å². The third kappa shape index (κ3) is 3.48. The number of nitrogens with zero attached hydrogens (tertiary/aromatic N) is 2. The molecule has 1 aromatic rings. The number of H-pyrrole nitrogens is 1. The summed E-state index contributed by atoms with van der Waals surface area (Å²) in [6.07, 6.45) is 2.13. The Bertz CT molecular complexity index is 331. The topological polar surface area (TPSA) is 70.7 Å². The predicted octanol–water partition coefficient (Wildman–Crippen LogP) is 1.58. The van der Waals surface area contributed by atoms with Crippen LogP contribution in [0.5, 0.6) is 0 Å². The van der Waals surface area contributed by atoms with Crippen LogP contribution >= 0.6 is 11.6 Å². The summed E-state index contributed by atoms with van der Waals surface area (Å²) < 4.78 is 0. The second-order valence-electron chi connectivity index (χ2n) is 4.72. The Morgan fingerprint density at radius 1 is 1.62 bits per heavy atom. The van der Waals surface area contributed by atoms with Gasteiger partial charge in [0.2, 0.25) is 0 Å². The fourth-order valence-corrected chi connectivity index (χ4v) is 1.59. The molecule has 0 saturated heterocycles. The van der Waals surface area contributed by atoms with Crippen molar-refractivity contribution in [2.45, 2.75) is 33.2 Å². The Hall–Kier alpha value is -1.10. The number of aromatic nitrogens is 3. The molecule has 0 bridgehead atoms. The van der Waals surface area contributed by atoms with E-state index in [0.717, 1.165) is 6.42 Å². The van der Waals surface area contributed by atoms with Gasteiger partial charge < -0.3 is 5.32 Å². The third-order valence-electron chi connectivity index (χ3n) is 2.40. The molecule has 0 fully saturated rings. The van der Waals surface area contributed by atoms with Gasteiger partial charge in [0.25, 0.3) is 5.91 Å². The summed E-state index contributed by atoms with van der Waals surface area (Å²) in [6.45, 7) is 6.19. The number of rotatable bonds is 4. The average Bonchev–Trinajstić information content (AvgIpc) is 2.68. The molecular formula is C10H17ClN4O. The van der Waals surface area contributed by atoms with E-state index in [1.807, 2.05) is 0 Å². The zero-order chi connectivity index (χ0) is 12.2. The number of aromatic amines is 1. The third-order valence-corrected chi connectivity index (χ3v) is 2.61. The largest absolute Gasteiger partial charge is 0.347 e. The number of nitrogens with one attached hydrogen (secondary N) is 2. The molecule has 1 aromatic heterocycles. The highest BCUT2D eigenvalue weighted by atomic mass is 35.5. The van der Waals surface area contributed by atoms with Gasteiger partial charge in [0, 0.05) is 11.9 Å². The Morgan fingerprint density at radius 3 is 2.75 bits per heavy atom. The van der Waals surface area contributed by atoms with E-state index in [-0.39, 0.29) is 17.4 Å². The Balaban J connectivity index is 2.66. The first-order valence-electron chi connectivity index (χ1n) is 5.17. The van der Waals surface area contributed by atoms with Gasteiger partial charge in [-0.3, -0.25) is 4.79 Å². The highest BCUT2D eigenvalue weighted by molar-refractivity contribution is 6.17. The average molecular weight is 245 g/mol. The molecule has 0 aromatic carbocycles. The molecule has 16 heavy (non-hydrogen) atoms. The molecule has 1 rings (SSSR count). The quantitative estimate of drug-likeness (QED) is 0.790. The van der Waals surface area contributed by atoms with Gasteiger partial charge in [-0.1, -0.05) is 20.8 Å². The first kappa shape index (κ1) is 13.0. The maximum absolute atomic E-state index is 11.8. The zero-order valence-corrected chi connectivity index (χ0v) is 10.5. The lowest BCUT2D eigenvalue weighted by atomic mass is 9.85. The lowest BCUT2D eigenvalue weighted by Crippen LogP contribution is -2.44. The van der Waals surface area contributed by atoms with Crippen LogP contribution in [0.25, 0.3) is 0 Å². The fourth-order valence-electron chi connectivity index (χ4n) is 1.37. The predicted molar refractivity (Wildman–Crippen MR) is 62.4 cm³/mol. The number of alkyl halides is 1. The maximum atomic E-state index is 11.8. The van der Waals surface area contributed by atoms with Gasteiger partial charge in [-0.2, -0.15) is 15.4 Å². The number of halogens is 1. The zero-order valence-electron chi connectivity index (χ0n) is 9.75. The molecule has 0 aliphatic rings. The molecule has 0 saturated carbocycles. The van der Waals surface area contributed by atoms with E-state index in [1.165, 1.54) is 6.20 Å². The second kappa shape index (κ2) is 5.30. The summed E-state index contributed by atoms with van der Waals surface area (Å²) in [6, 6.07) is 0.0224. The maximum Gasteiger partial charge on any atom is 0.273 e. The molecule has 1 heterocycles. The summed E-state index contributed by atoms with van der Waals surface area (Å²) in [5.41, 5.74) is 0.262. The van der Waals surface area contributed by atoms with E-state index in [2.05, 4.69) is 41.5 Å². The highest BCUT2D eigenvalue weighted by Gasteiger charge is 2.26. The number of hydrogen-bond donors (Lipinski definition) is 2. The van der Waals surface area contributed by atoms with Crippen molar-refractivity contribution in [2.24, 2.45) is 5.41 Å². The van der Waals surface area contributed by atoms with Crippen LogP contribution in [0.2, 0.25) is 0 Å². The van der Waals surface area contributed by atoms with Crippen molar-refractivity contribution in [1.29, 1.82) is 0 Å². The molecule has 90 valence electrons. The highest BCUT2D eigenvalue weighted by Crippen LogP contribution is 2.22. The van der Waals surface area contributed by atoms with Gasteiger partial charge in [-0.05, 0) is 11.8 Å². The van der Waals surface area contributed by atoms with Crippen LogP contribution in [0.1, 0.15) is 37.7 Å². The number of carbonyl (C=O) groups is 1. The monoisotopic (exact) mass is 244 g/mol. The first-order valence-corrected chi connectivity index (χ1v) is 5.71. The number of hydrogen-bond acceptors (Lipinski definition) is 3. The van der Waals surface area contributed by atoms with Crippen LogP contribution in [0.15, 0.2) is 6.20 Å². The van der Waals surface area contributed by atoms with Crippen LogP contribution in [0.3, 0.4) is 0 Å². The van der Waals surface area contributed by atoms with Crippen LogP contribution in [-0.4, -0.2) is 33.2 Å². The first-order chi connectivity index (χ1) is 7.45. The van der Waals surface area contributed by atoms with Crippen LogP contribution in [-0.2, 0) is 0 Å². The van der Waals surface area contributed by atoms with E-state index in [0.29, 0.717) is 11.6 Å². The summed E-state index contributed by atoms with van der Waals surface area (Å²) in [5, 5.41) is 12.6. The van der Waals surface area contributed by atoms with Crippen molar-refractivity contribution in [2.75, 3.05) is 5.88 Å². The molecule has 0 aliphatic heterocycles. The Morgan fingerprint density at radius 2 is 2.31 bits per heavy atom. The molecule has 2 N–H and O–H groups in total. The molecular weight excluding hydrogens is 228 g/mol. The summed E-state index contributed by atoms with van der Waals surface area (Å²) in [7, 11) is 0. The molecule has 0 aliphatic carbocycles. The summed E-state index contributed by atoms with van der Waals surface area (Å²) >= 11 is 5.73. The fraction of sp³-hybridized carbons (Fsp3) is 0.700. The number of carbonyl (C=O) groups excluding carboxylic acids is 1. The molecule has 6 heteroatoms. The van der Waals surface area contributed by atoms with Crippen molar-refractivity contribution >= 4 is 17.5 Å². The molecule has 1 amide bonds. The normalized spacial score (nSPS) is 13.5. The summed E-state index contributed by atoms with van der Waals surface area (Å²) in [4.78, 5) is 11.8. The van der Waals surface area contributed by atoms with Crippen LogP contribution in [0.4, 0.5) is 0 Å². The smallest absolute Gasteiger partial charge is 0.273 e. The minimum absolute atomic E-state index is 0.0224. The van der Waals surface area contributed by atoms with Gasteiger partial charge >= 0.3 is 0 Å². The molecule has 1 atom stereocenters. The van der Waals surface area contributed by atoms with Gasteiger partial charge in [0.15, 0.2) is 5.69 Å². The minimum atomic E-state index is -0.223. The van der Waals surface area contributed by atoms with E-state index < -0.39 is 0 Å². The lowest BCUT2D eigenvalue weighted by Gasteiger charge is -2.30. The SMILES string of the molecule is CC(C)(C)C(CCCl)NC(=O)c1cn[nH]n1. The molecule has 0 radical (unpaired) electrons. The Labute approximate surface area is 100.0 Å². The van der Waals surface area contributed by atoms with Gasteiger partial charge in [-0.15, -0.1) is 11.6 Å². The van der Waals surface area contributed by atoms with Crippen LogP contribution in [0, 0.1) is 5.41 Å². The summed E-state index contributed by atoms with van der Waals surface area (Å²) in [5.74, 6) is 0.292. The molecule has 0 spiro atoms. The van der Waals surface area contributed by atoms with Crippen molar-refractivity contribution in [3.05, 3.63) is 11.9 Å².